The Morgan fingerprint density at radius 3 is 2.23 bits per heavy atom. The molecular formula is C21H21F3N6O. The number of amides is 1. The van der Waals surface area contributed by atoms with E-state index in [0.717, 1.165) is 23.4 Å². The Morgan fingerprint density at radius 1 is 0.968 bits per heavy atom. The summed E-state index contributed by atoms with van der Waals surface area (Å²) in [6.07, 6.45) is -4.42. The van der Waals surface area contributed by atoms with Gasteiger partial charge in [-0.2, -0.15) is 17.9 Å². The van der Waals surface area contributed by atoms with E-state index in [2.05, 4.69) is 20.4 Å². The highest BCUT2D eigenvalue weighted by atomic mass is 19.4. The van der Waals surface area contributed by atoms with E-state index in [9.17, 15) is 18.0 Å². The minimum Gasteiger partial charge on any atom is -0.336 e. The second kappa shape index (κ2) is 8.46. The topological polar surface area (TPSA) is 67.2 Å². The number of rotatable bonds is 4. The van der Waals surface area contributed by atoms with Crippen LogP contribution in [0, 0.1) is 6.92 Å². The first-order valence-corrected chi connectivity index (χ1v) is 9.84. The van der Waals surface area contributed by atoms with Gasteiger partial charge >= 0.3 is 6.18 Å². The number of nitrogens with zero attached hydrogens (tertiary/aromatic N) is 6. The molecule has 2 heterocycles. The molecule has 4 rings (SSSR count). The lowest BCUT2D eigenvalue weighted by atomic mass is 10.1. The number of aromatic nitrogens is 4. The van der Waals surface area contributed by atoms with Crippen LogP contribution >= 0.6 is 0 Å². The van der Waals surface area contributed by atoms with Crippen molar-refractivity contribution >= 4 is 5.91 Å². The van der Waals surface area contributed by atoms with Crippen LogP contribution in [-0.4, -0.2) is 62.1 Å². The first kappa shape index (κ1) is 21.0. The molecular weight excluding hydrogens is 409 g/mol. The molecule has 10 heteroatoms. The van der Waals surface area contributed by atoms with Crippen molar-refractivity contribution in [2.75, 3.05) is 26.2 Å². The molecule has 1 aliphatic heterocycles. The maximum absolute atomic E-state index is 12.7. The highest BCUT2D eigenvalue weighted by molar-refractivity contribution is 5.94. The maximum Gasteiger partial charge on any atom is 0.416 e. The molecule has 1 amide bonds. The minimum absolute atomic E-state index is 0.254. The predicted molar refractivity (Wildman–Crippen MR) is 107 cm³/mol. The zero-order valence-corrected chi connectivity index (χ0v) is 16.9. The zero-order valence-electron chi connectivity index (χ0n) is 16.9. The van der Waals surface area contributed by atoms with Crippen LogP contribution in [0.25, 0.3) is 5.69 Å². The van der Waals surface area contributed by atoms with Crippen LogP contribution in [0.15, 0.2) is 48.5 Å². The van der Waals surface area contributed by atoms with Crippen LogP contribution in [0.1, 0.15) is 27.3 Å². The van der Waals surface area contributed by atoms with E-state index in [4.69, 9.17) is 0 Å². The molecule has 0 radical (unpaired) electrons. The standard InChI is InChI=1S/C21H21F3N6O/c1-15-2-8-18(9-3-15)30-19(25-26-27-30)14-28-10-12-29(13-11-28)20(31)16-4-6-17(7-5-16)21(22,23)24/h2-9H,10-14H2,1H3. The second-order valence-corrected chi connectivity index (χ2v) is 7.49. The Morgan fingerprint density at radius 2 is 1.61 bits per heavy atom. The third-order valence-electron chi connectivity index (χ3n) is 5.30. The molecule has 0 unspecified atom stereocenters. The molecule has 0 aliphatic carbocycles. The fourth-order valence-corrected chi connectivity index (χ4v) is 3.48. The number of piperazine rings is 1. The summed E-state index contributed by atoms with van der Waals surface area (Å²) in [5, 5.41) is 12.0. The molecule has 0 N–H and O–H groups in total. The number of hydrogen-bond donors (Lipinski definition) is 0. The van der Waals surface area contributed by atoms with Gasteiger partial charge in [0.2, 0.25) is 0 Å². The van der Waals surface area contributed by atoms with Crippen LogP contribution in [0.4, 0.5) is 13.2 Å². The fraction of sp³-hybridized carbons (Fsp3) is 0.333. The lowest BCUT2D eigenvalue weighted by molar-refractivity contribution is -0.137. The highest BCUT2D eigenvalue weighted by Gasteiger charge is 2.31. The Labute approximate surface area is 177 Å². The minimum atomic E-state index is -4.42. The molecule has 0 bridgehead atoms. The van der Waals surface area contributed by atoms with Gasteiger partial charge in [0.25, 0.3) is 5.91 Å². The van der Waals surface area contributed by atoms with Crippen molar-refractivity contribution in [3.8, 4) is 5.69 Å². The summed E-state index contributed by atoms with van der Waals surface area (Å²) in [6, 6.07) is 12.2. The number of aryl methyl sites for hydroxylation is 1. The molecule has 0 spiro atoms. The van der Waals surface area contributed by atoms with E-state index in [-0.39, 0.29) is 11.5 Å². The van der Waals surface area contributed by atoms with E-state index in [1.807, 2.05) is 31.2 Å². The quantitative estimate of drug-likeness (QED) is 0.637. The van der Waals surface area contributed by atoms with Gasteiger partial charge in [0.05, 0.1) is 17.8 Å². The van der Waals surface area contributed by atoms with Crippen molar-refractivity contribution in [3.05, 3.63) is 71.0 Å². The van der Waals surface area contributed by atoms with Crippen molar-refractivity contribution in [2.45, 2.75) is 19.6 Å². The van der Waals surface area contributed by atoms with Gasteiger partial charge in [0.15, 0.2) is 5.82 Å². The van der Waals surface area contributed by atoms with Gasteiger partial charge in [0.1, 0.15) is 0 Å². The van der Waals surface area contributed by atoms with Crippen molar-refractivity contribution in [3.63, 3.8) is 0 Å². The van der Waals surface area contributed by atoms with Gasteiger partial charge in [-0.25, -0.2) is 0 Å². The maximum atomic E-state index is 12.7. The smallest absolute Gasteiger partial charge is 0.336 e. The first-order chi connectivity index (χ1) is 14.8. The van der Waals surface area contributed by atoms with E-state index in [1.54, 1.807) is 9.58 Å². The van der Waals surface area contributed by atoms with Crippen molar-refractivity contribution < 1.29 is 18.0 Å². The summed E-state index contributed by atoms with van der Waals surface area (Å²) in [4.78, 5) is 16.4. The van der Waals surface area contributed by atoms with Gasteiger partial charge in [-0.3, -0.25) is 9.69 Å². The summed E-state index contributed by atoms with van der Waals surface area (Å²) < 4.78 is 39.8. The Bertz CT molecular complexity index is 1040. The molecule has 162 valence electrons. The summed E-state index contributed by atoms with van der Waals surface area (Å²) in [7, 11) is 0. The normalized spacial score (nSPS) is 15.3. The lowest BCUT2D eigenvalue weighted by Crippen LogP contribution is -2.48. The van der Waals surface area contributed by atoms with Crippen LogP contribution in [-0.2, 0) is 12.7 Å². The number of carbonyl (C=O) groups is 1. The molecule has 7 nitrogen and oxygen atoms in total. The lowest BCUT2D eigenvalue weighted by Gasteiger charge is -2.34. The zero-order chi connectivity index (χ0) is 22.0. The summed E-state index contributed by atoms with van der Waals surface area (Å²) >= 11 is 0. The Kier molecular flexibility index (Phi) is 5.73. The fourth-order valence-electron chi connectivity index (χ4n) is 3.48. The number of benzene rings is 2. The number of halogens is 3. The van der Waals surface area contributed by atoms with Crippen LogP contribution in [0.3, 0.4) is 0 Å². The number of tetrazole rings is 1. The molecule has 1 aromatic heterocycles. The van der Waals surface area contributed by atoms with E-state index < -0.39 is 11.7 Å². The van der Waals surface area contributed by atoms with Gasteiger partial charge in [-0.05, 0) is 53.7 Å². The molecule has 1 aliphatic rings. The summed E-state index contributed by atoms with van der Waals surface area (Å²) in [5.74, 6) is 0.434. The molecule has 3 aromatic rings. The van der Waals surface area contributed by atoms with Crippen LogP contribution < -0.4 is 0 Å². The van der Waals surface area contributed by atoms with Gasteiger partial charge in [-0.1, -0.05) is 17.7 Å². The number of carbonyl (C=O) groups excluding carboxylic acids is 1. The van der Waals surface area contributed by atoms with Crippen molar-refractivity contribution in [2.24, 2.45) is 0 Å². The molecule has 2 aromatic carbocycles. The number of hydrogen-bond acceptors (Lipinski definition) is 5. The largest absolute Gasteiger partial charge is 0.416 e. The average Bonchev–Trinajstić information content (AvgIpc) is 3.22. The highest BCUT2D eigenvalue weighted by Crippen LogP contribution is 2.29. The van der Waals surface area contributed by atoms with Gasteiger partial charge < -0.3 is 4.90 Å². The summed E-state index contributed by atoms with van der Waals surface area (Å²) in [5.41, 5.74) is 1.51. The van der Waals surface area contributed by atoms with Crippen molar-refractivity contribution in [1.29, 1.82) is 0 Å². The Hall–Kier alpha value is -3.27. The van der Waals surface area contributed by atoms with Gasteiger partial charge in [-0.15, -0.1) is 5.10 Å². The molecule has 31 heavy (non-hydrogen) atoms. The molecule has 0 atom stereocenters. The Balaban J connectivity index is 1.36. The molecule has 0 saturated carbocycles. The molecule has 1 fully saturated rings. The van der Waals surface area contributed by atoms with Crippen LogP contribution in [0.2, 0.25) is 0 Å². The predicted octanol–water partition coefficient (Wildman–Crippen LogP) is 2.95. The molecule has 1 saturated heterocycles. The summed E-state index contributed by atoms with van der Waals surface area (Å²) in [6.45, 7) is 4.73. The van der Waals surface area contributed by atoms with E-state index in [1.165, 1.54) is 12.1 Å². The third kappa shape index (κ3) is 4.74. The first-order valence-electron chi connectivity index (χ1n) is 9.84. The van der Waals surface area contributed by atoms with E-state index >= 15 is 0 Å². The second-order valence-electron chi connectivity index (χ2n) is 7.49. The average molecular weight is 430 g/mol. The monoisotopic (exact) mass is 430 g/mol. The van der Waals surface area contributed by atoms with Crippen molar-refractivity contribution in [1.82, 2.24) is 30.0 Å². The SMILES string of the molecule is Cc1ccc(-n2nnnc2CN2CCN(C(=O)c3ccc(C(F)(F)F)cc3)CC2)cc1. The third-order valence-corrected chi connectivity index (χ3v) is 5.30. The van der Waals surface area contributed by atoms with Gasteiger partial charge in [0, 0.05) is 31.7 Å². The number of alkyl halides is 3. The van der Waals surface area contributed by atoms with Crippen LogP contribution in [0.5, 0.6) is 0 Å². The van der Waals surface area contributed by atoms with E-state index in [0.29, 0.717) is 38.5 Å².